The lowest BCUT2D eigenvalue weighted by atomic mass is 10.2. The van der Waals surface area contributed by atoms with E-state index in [1.807, 2.05) is 11.5 Å². The normalized spacial score (nSPS) is 13.8. The average Bonchev–Trinajstić information content (AvgIpc) is 2.96. The number of nitrogens with one attached hydrogen (secondary N) is 2. The summed E-state index contributed by atoms with van der Waals surface area (Å²) in [4.78, 5) is 16.5. The van der Waals surface area contributed by atoms with Crippen LogP contribution in [0.2, 0.25) is 0 Å². The molecule has 8 nitrogen and oxygen atoms in total. The Kier molecular flexibility index (Phi) is 11.6. The molecule has 1 aliphatic heterocycles. The average molecular weight is 480 g/mol. The van der Waals surface area contributed by atoms with E-state index in [1.165, 1.54) is 0 Å². The molecule has 0 saturated carbocycles. The molecular weight excluding hydrogens is 447 g/mol. The first-order valence-corrected chi connectivity index (χ1v) is 9.45. The van der Waals surface area contributed by atoms with Crippen LogP contribution < -0.4 is 16.3 Å². The highest BCUT2D eigenvalue weighted by Crippen LogP contribution is 2.09. The van der Waals surface area contributed by atoms with Gasteiger partial charge >= 0.3 is 5.69 Å². The smallest absolute Gasteiger partial charge is 0.345 e. The number of halogens is 1. The minimum absolute atomic E-state index is 0. The Morgan fingerprint density at radius 1 is 1.23 bits per heavy atom. The molecule has 0 fully saturated rings. The molecule has 0 unspecified atom stereocenters. The van der Waals surface area contributed by atoms with Crippen LogP contribution in [0.3, 0.4) is 0 Å². The Morgan fingerprint density at radius 2 is 2.00 bits per heavy atom. The summed E-state index contributed by atoms with van der Waals surface area (Å²) in [5.74, 6) is 1.74. The van der Waals surface area contributed by atoms with Crippen LogP contribution in [0.25, 0.3) is 0 Å². The summed E-state index contributed by atoms with van der Waals surface area (Å²) in [5, 5.41) is 11.0. The van der Waals surface area contributed by atoms with Crippen molar-refractivity contribution in [2.24, 2.45) is 4.99 Å². The molecule has 2 heterocycles. The summed E-state index contributed by atoms with van der Waals surface area (Å²) < 4.78 is 8.74. The zero-order valence-electron chi connectivity index (χ0n) is 16.0. The topological polar surface area (TPSA) is 85.5 Å². The van der Waals surface area contributed by atoms with Crippen molar-refractivity contribution in [2.75, 3.05) is 33.4 Å². The quantitative estimate of drug-likeness (QED) is 0.229. The molecule has 2 N–H and O–H groups in total. The number of hydrogen-bond donors (Lipinski definition) is 2. The van der Waals surface area contributed by atoms with E-state index >= 15 is 0 Å². The summed E-state index contributed by atoms with van der Waals surface area (Å²) in [6.45, 7) is 6.68. The van der Waals surface area contributed by atoms with Crippen LogP contribution in [-0.4, -0.2) is 53.7 Å². The van der Waals surface area contributed by atoms with Gasteiger partial charge in [0.15, 0.2) is 5.96 Å². The molecule has 0 bridgehead atoms. The van der Waals surface area contributed by atoms with Gasteiger partial charge in [-0.25, -0.2) is 9.48 Å². The minimum atomic E-state index is 0. The van der Waals surface area contributed by atoms with E-state index in [9.17, 15) is 4.79 Å². The van der Waals surface area contributed by atoms with Crippen molar-refractivity contribution in [1.82, 2.24) is 25.0 Å². The van der Waals surface area contributed by atoms with Gasteiger partial charge in [0.2, 0.25) is 0 Å². The highest BCUT2D eigenvalue weighted by molar-refractivity contribution is 14.0. The largest absolute Gasteiger partial charge is 0.382 e. The second-order valence-electron chi connectivity index (χ2n) is 6.21. The Balaban J connectivity index is 0.00000338. The maximum Gasteiger partial charge on any atom is 0.345 e. The van der Waals surface area contributed by atoms with Gasteiger partial charge in [-0.2, -0.15) is 5.10 Å². The van der Waals surface area contributed by atoms with Gasteiger partial charge in [-0.15, -0.1) is 24.0 Å². The number of aromatic nitrogens is 3. The zero-order chi connectivity index (χ0) is 17.9. The molecule has 2 rings (SSSR count). The van der Waals surface area contributed by atoms with Crippen molar-refractivity contribution in [2.45, 2.75) is 58.5 Å². The monoisotopic (exact) mass is 480 g/mol. The molecule has 0 amide bonds. The molecule has 0 aliphatic carbocycles. The molecule has 9 heteroatoms. The predicted octanol–water partition coefficient (Wildman–Crippen LogP) is 1.37. The van der Waals surface area contributed by atoms with Gasteiger partial charge in [0, 0.05) is 52.9 Å². The number of fused-ring (bicyclic) bond motifs is 1. The van der Waals surface area contributed by atoms with Crippen molar-refractivity contribution in [3.8, 4) is 0 Å². The maximum absolute atomic E-state index is 12.2. The summed E-state index contributed by atoms with van der Waals surface area (Å²) in [6.07, 6.45) is 6.06. The molecule has 1 aromatic rings. The van der Waals surface area contributed by atoms with Gasteiger partial charge in [-0.05, 0) is 39.0 Å². The molecule has 1 aliphatic rings. The summed E-state index contributed by atoms with van der Waals surface area (Å²) in [5.41, 5.74) is 0.0338. The second-order valence-corrected chi connectivity index (χ2v) is 6.21. The lowest BCUT2D eigenvalue weighted by Crippen LogP contribution is -2.38. The Hall–Kier alpha value is -1.10. The summed E-state index contributed by atoms with van der Waals surface area (Å²) in [6, 6.07) is 0. The number of nitrogens with zero attached hydrogens (tertiary/aromatic N) is 4. The van der Waals surface area contributed by atoms with Crippen LogP contribution >= 0.6 is 24.0 Å². The van der Waals surface area contributed by atoms with E-state index < -0.39 is 0 Å². The minimum Gasteiger partial charge on any atom is -0.382 e. The summed E-state index contributed by atoms with van der Waals surface area (Å²) in [7, 11) is 1.77. The number of aryl methyl sites for hydroxylation is 2. The fourth-order valence-corrected chi connectivity index (χ4v) is 2.93. The Labute approximate surface area is 172 Å². The first kappa shape index (κ1) is 22.9. The Morgan fingerprint density at radius 3 is 2.69 bits per heavy atom. The molecule has 0 radical (unpaired) electrons. The number of unbranched alkanes of at least 4 members (excludes halogenated alkanes) is 1. The van der Waals surface area contributed by atoms with Gasteiger partial charge in [0.25, 0.3) is 0 Å². The third kappa shape index (κ3) is 7.26. The van der Waals surface area contributed by atoms with Crippen molar-refractivity contribution in [3.63, 3.8) is 0 Å². The van der Waals surface area contributed by atoms with Gasteiger partial charge < -0.3 is 15.4 Å². The van der Waals surface area contributed by atoms with Crippen molar-refractivity contribution in [3.05, 3.63) is 16.3 Å². The van der Waals surface area contributed by atoms with Gasteiger partial charge in [-0.3, -0.25) is 9.56 Å². The number of guanidine groups is 1. The second kappa shape index (κ2) is 13.1. The van der Waals surface area contributed by atoms with E-state index in [0.29, 0.717) is 6.54 Å². The molecule has 26 heavy (non-hydrogen) atoms. The maximum atomic E-state index is 12.2. The molecule has 0 aromatic carbocycles. The fraction of sp³-hybridized carbons (Fsp3) is 0.824. The number of hydrogen-bond acceptors (Lipinski definition) is 4. The van der Waals surface area contributed by atoms with Crippen LogP contribution in [0, 0.1) is 0 Å². The van der Waals surface area contributed by atoms with Crippen LogP contribution in [0.1, 0.15) is 44.9 Å². The van der Waals surface area contributed by atoms with E-state index in [2.05, 4.69) is 20.7 Å². The number of rotatable bonds is 10. The fourth-order valence-electron chi connectivity index (χ4n) is 2.93. The molecular formula is C17H33IN6O2. The Bertz CT molecular complexity index is 599. The van der Waals surface area contributed by atoms with Gasteiger partial charge in [-0.1, -0.05) is 0 Å². The molecule has 0 saturated heterocycles. The highest BCUT2D eigenvalue weighted by Gasteiger charge is 2.16. The predicted molar refractivity (Wildman–Crippen MR) is 115 cm³/mol. The third-order valence-electron chi connectivity index (χ3n) is 4.31. The lowest BCUT2D eigenvalue weighted by molar-refractivity contribution is 0.143. The first-order valence-electron chi connectivity index (χ1n) is 9.45. The molecule has 1 aromatic heterocycles. The van der Waals surface area contributed by atoms with E-state index in [0.717, 1.165) is 83.2 Å². The zero-order valence-corrected chi connectivity index (χ0v) is 18.3. The van der Waals surface area contributed by atoms with Gasteiger partial charge in [0.1, 0.15) is 5.82 Å². The van der Waals surface area contributed by atoms with Crippen molar-refractivity contribution >= 4 is 29.9 Å². The van der Waals surface area contributed by atoms with Crippen LogP contribution in [0.4, 0.5) is 0 Å². The molecule has 150 valence electrons. The highest BCUT2D eigenvalue weighted by atomic mass is 127. The van der Waals surface area contributed by atoms with Crippen molar-refractivity contribution < 1.29 is 4.74 Å². The molecule has 0 spiro atoms. The van der Waals surface area contributed by atoms with E-state index in [1.54, 1.807) is 11.7 Å². The number of aliphatic imine (C=N–C) groups is 1. The van der Waals surface area contributed by atoms with Crippen LogP contribution in [-0.2, 0) is 24.2 Å². The summed E-state index contributed by atoms with van der Waals surface area (Å²) >= 11 is 0. The van der Waals surface area contributed by atoms with Crippen LogP contribution in [0.5, 0.6) is 0 Å². The van der Waals surface area contributed by atoms with Crippen molar-refractivity contribution in [1.29, 1.82) is 0 Å². The van der Waals surface area contributed by atoms with Gasteiger partial charge in [0.05, 0.1) is 0 Å². The standard InChI is InChI=1S/C17H32N6O2.HI/c1-3-25-14-7-5-10-19-16(18-2)20-11-8-13-23-17(24)22-12-6-4-9-15(22)21-23;/h3-14H2,1-2H3,(H2,18,19,20);1H. The SMILES string of the molecule is CCOCCCCNC(=NC)NCCCn1nc2n(c1=O)CCCC2.I. The van der Waals surface area contributed by atoms with E-state index in [4.69, 9.17) is 4.74 Å². The van der Waals surface area contributed by atoms with Crippen LogP contribution in [0.15, 0.2) is 9.79 Å². The third-order valence-corrected chi connectivity index (χ3v) is 4.31. The number of ether oxygens (including phenoxy) is 1. The first-order chi connectivity index (χ1) is 12.3. The van der Waals surface area contributed by atoms with E-state index in [-0.39, 0.29) is 29.7 Å². The molecule has 0 atom stereocenters. The lowest BCUT2D eigenvalue weighted by Gasteiger charge is -2.11.